The number of likely N-dealkylation sites (tertiary alicyclic amines) is 1. The Morgan fingerprint density at radius 2 is 1.28 bits per heavy atom. The summed E-state index contributed by atoms with van der Waals surface area (Å²) in [4.78, 5) is 16.6. The number of aromatic nitrogens is 2. The Bertz CT molecular complexity index is 1340. The third-order valence-electron chi connectivity index (χ3n) is 8.73. The lowest BCUT2D eigenvalue weighted by molar-refractivity contribution is 0.0355. The average Bonchev–Trinajstić information content (AvgIpc) is 3.08. The molecule has 2 heterocycles. The minimum Gasteiger partial charge on any atom is -0.293 e. The van der Waals surface area contributed by atoms with Crippen LogP contribution in [0.1, 0.15) is 68.5 Å². The van der Waals surface area contributed by atoms with E-state index in [1.54, 1.807) is 0 Å². The van der Waals surface area contributed by atoms with E-state index in [9.17, 15) is 4.79 Å². The first-order valence-electron chi connectivity index (χ1n) is 13.8. The van der Waals surface area contributed by atoms with Crippen molar-refractivity contribution >= 4 is 11.0 Å². The summed E-state index contributed by atoms with van der Waals surface area (Å²) in [5.74, 6) is 0. The summed E-state index contributed by atoms with van der Waals surface area (Å²) in [6, 6.07) is 30.2. The molecule has 4 heteroatoms. The normalized spacial score (nSPS) is 19.3. The molecule has 1 aromatic heterocycles. The van der Waals surface area contributed by atoms with Gasteiger partial charge in [0.25, 0.3) is 0 Å². The van der Waals surface area contributed by atoms with Crippen molar-refractivity contribution in [2.45, 2.75) is 69.5 Å². The fourth-order valence-corrected chi connectivity index (χ4v) is 6.91. The van der Waals surface area contributed by atoms with E-state index in [0.717, 1.165) is 42.5 Å². The summed E-state index contributed by atoms with van der Waals surface area (Å²) in [5.41, 5.74) is 5.04. The van der Waals surface area contributed by atoms with Gasteiger partial charge in [0.2, 0.25) is 0 Å². The predicted octanol–water partition coefficient (Wildman–Crippen LogP) is 6.74. The quantitative estimate of drug-likeness (QED) is 0.297. The van der Waals surface area contributed by atoms with Gasteiger partial charge in [0.15, 0.2) is 0 Å². The van der Waals surface area contributed by atoms with Gasteiger partial charge in [-0.25, -0.2) is 4.79 Å². The molecule has 6 rings (SSSR count). The summed E-state index contributed by atoms with van der Waals surface area (Å²) >= 11 is 0. The molecule has 0 spiro atoms. The van der Waals surface area contributed by atoms with Crippen LogP contribution in [0.2, 0.25) is 0 Å². The molecule has 0 radical (unpaired) electrons. The average molecular weight is 480 g/mol. The molecule has 0 unspecified atom stereocenters. The second-order valence-corrected chi connectivity index (χ2v) is 10.7. The molecule has 2 fully saturated rings. The van der Waals surface area contributed by atoms with Gasteiger partial charge in [-0.15, -0.1) is 0 Å². The third kappa shape index (κ3) is 4.22. The lowest BCUT2D eigenvalue weighted by Gasteiger charge is -2.47. The van der Waals surface area contributed by atoms with E-state index < -0.39 is 0 Å². The van der Waals surface area contributed by atoms with E-state index in [1.165, 1.54) is 44.1 Å². The molecular formula is C32H37N3O. The fourth-order valence-electron chi connectivity index (χ4n) is 6.91. The Balaban J connectivity index is 1.30. The summed E-state index contributed by atoms with van der Waals surface area (Å²) in [7, 11) is 0. The number of fused-ring (bicyclic) bond motifs is 1. The maximum absolute atomic E-state index is 13.8. The third-order valence-corrected chi connectivity index (χ3v) is 8.73. The van der Waals surface area contributed by atoms with Crippen molar-refractivity contribution in [3.8, 4) is 0 Å². The van der Waals surface area contributed by atoms with Crippen molar-refractivity contribution in [1.82, 2.24) is 14.0 Å². The van der Waals surface area contributed by atoms with Crippen LogP contribution in [0.3, 0.4) is 0 Å². The van der Waals surface area contributed by atoms with E-state index in [1.807, 2.05) is 28.8 Å². The van der Waals surface area contributed by atoms with Gasteiger partial charge in [-0.1, -0.05) is 98.5 Å². The highest BCUT2D eigenvalue weighted by atomic mass is 16.1. The van der Waals surface area contributed by atoms with Crippen molar-refractivity contribution in [3.05, 3.63) is 107 Å². The van der Waals surface area contributed by atoms with E-state index in [4.69, 9.17) is 0 Å². The SMILES string of the molecule is O=c1n(Cc2ccccc2)c2ccccc2n1C1CCN(C2(c3ccccc3)CCCCCC2)CC1. The van der Waals surface area contributed by atoms with Crippen LogP contribution < -0.4 is 5.69 Å². The molecule has 2 aliphatic rings. The van der Waals surface area contributed by atoms with E-state index >= 15 is 0 Å². The van der Waals surface area contributed by atoms with Crippen LogP contribution in [0, 0.1) is 0 Å². The van der Waals surface area contributed by atoms with Crippen LogP contribution in [0.25, 0.3) is 11.0 Å². The Labute approximate surface area is 214 Å². The number of hydrogen-bond acceptors (Lipinski definition) is 2. The van der Waals surface area contributed by atoms with Crippen molar-refractivity contribution in [2.24, 2.45) is 0 Å². The zero-order valence-electron chi connectivity index (χ0n) is 21.2. The second-order valence-electron chi connectivity index (χ2n) is 10.7. The monoisotopic (exact) mass is 479 g/mol. The van der Waals surface area contributed by atoms with Gasteiger partial charge in [-0.05, 0) is 48.9 Å². The zero-order chi connectivity index (χ0) is 24.4. The lowest BCUT2D eigenvalue weighted by Crippen LogP contribution is -2.50. The van der Waals surface area contributed by atoms with E-state index in [-0.39, 0.29) is 17.3 Å². The van der Waals surface area contributed by atoms with Gasteiger partial charge >= 0.3 is 5.69 Å². The van der Waals surface area contributed by atoms with Crippen LogP contribution in [-0.2, 0) is 12.1 Å². The maximum atomic E-state index is 13.8. The summed E-state index contributed by atoms with van der Waals surface area (Å²) in [5, 5.41) is 0. The van der Waals surface area contributed by atoms with Crippen molar-refractivity contribution in [1.29, 1.82) is 0 Å². The molecular weight excluding hydrogens is 442 g/mol. The number of benzene rings is 3. The highest BCUT2D eigenvalue weighted by Crippen LogP contribution is 2.43. The molecule has 4 nitrogen and oxygen atoms in total. The minimum absolute atomic E-state index is 0.130. The second kappa shape index (κ2) is 10.1. The minimum atomic E-state index is 0.130. The zero-order valence-corrected chi connectivity index (χ0v) is 21.2. The van der Waals surface area contributed by atoms with Crippen LogP contribution in [0.4, 0.5) is 0 Å². The van der Waals surface area contributed by atoms with E-state index in [0.29, 0.717) is 6.54 Å². The molecule has 1 saturated heterocycles. The summed E-state index contributed by atoms with van der Waals surface area (Å²) in [6.07, 6.45) is 9.85. The first-order valence-corrected chi connectivity index (χ1v) is 13.8. The Morgan fingerprint density at radius 1 is 0.694 bits per heavy atom. The number of rotatable bonds is 5. The largest absolute Gasteiger partial charge is 0.329 e. The summed E-state index contributed by atoms with van der Waals surface area (Å²) < 4.78 is 4.08. The summed E-state index contributed by atoms with van der Waals surface area (Å²) in [6.45, 7) is 2.71. The van der Waals surface area contributed by atoms with Crippen LogP contribution in [-0.4, -0.2) is 27.1 Å². The predicted molar refractivity (Wildman–Crippen MR) is 147 cm³/mol. The maximum Gasteiger partial charge on any atom is 0.329 e. The lowest BCUT2D eigenvalue weighted by atomic mass is 9.79. The van der Waals surface area contributed by atoms with Gasteiger partial charge < -0.3 is 0 Å². The topological polar surface area (TPSA) is 30.2 Å². The van der Waals surface area contributed by atoms with Crippen molar-refractivity contribution < 1.29 is 0 Å². The van der Waals surface area contributed by atoms with Crippen LogP contribution in [0.5, 0.6) is 0 Å². The van der Waals surface area contributed by atoms with Crippen LogP contribution >= 0.6 is 0 Å². The number of para-hydroxylation sites is 2. The molecule has 3 aromatic carbocycles. The Morgan fingerprint density at radius 3 is 1.94 bits per heavy atom. The van der Waals surface area contributed by atoms with Gasteiger partial charge in [0, 0.05) is 24.7 Å². The highest BCUT2D eigenvalue weighted by Gasteiger charge is 2.40. The Hall–Kier alpha value is -3.11. The molecule has 4 aromatic rings. The molecule has 0 N–H and O–H groups in total. The number of nitrogens with zero attached hydrogens (tertiary/aromatic N) is 3. The standard InChI is InChI=1S/C32H37N3O/c36-31-34(25-26-13-5-3-6-14-26)29-17-9-10-18-30(29)35(31)28-19-23-33(24-20-28)32(21-11-1-2-12-22-32)27-15-7-4-8-16-27/h3-10,13-18,28H,1-2,11-12,19-25H2. The van der Waals surface area contributed by atoms with Gasteiger partial charge in [-0.3, -0.25) is 14.0 Å². The first-order chi connectivity index (χ1) is 17.8. The smallest absolute Gasteiger partial charge is 0.293 e. The number of imidazole rings is 1. The van der Waals surface area contributed by atoms with Crippen LogP contribution in [0.15, 0.2) is 89.7 Å². The fraction of sp³-hybridized carbons (Fsp3) is 0.406. The van der Waals surface area contributed by atoms with Gasteiger partial charge in [0.05, 0.1) is 17.6 Å². The first kappa shape index (κ1) is 23.3. The molecule has 1 aliphatic carbocycles. The van der Waals surface area contributed by atoms with Gasteiger partial charge in [-0.2, -0.15) is 0 Å². The van der Waals surface area contributed by atoms with E-state index in [2.05, 4.69) is 70.1 Å². The molecule has 0 atom stereocenters. The molecule has 0 bridgehead atoms. The van der Waals surface area contributed by atoms with Crippen molar-refractivity contribution in [3.63, 3.8) is 0 Å². The molecule has 0 amide bonds. The number of piperidine rings is 1. The van der Waals surface area contributed by atoms with Gasteiger partial charge in [0.1, 0.15) is 0 Å². The molecule has 1 aliphatic heterocycles. The number of hydrogen-bond donors (Lipinski definition) is 0. The molecule has 186 valence electrons. The Kier molecular flexibility index (Phi) is 6.54. The molecule has 36 heavy (non-hydrogen) atoms. The van der Waals surface area contributed by atoms with Crippen molar-refractivity contribution in [2.75, 3.05) is 13.1 Å². The molecule has 1 saturated carbocycles. The highest BCUT2D eigenvalue weighted by molar-refractivity contribution is 5.76.